The molecule has 32 heavy (non-hydrogen) atoms. The largest absolute Gasteiger partial charge is 0.490 e. The van der Waals surface area contributed by atoms with Gasteiger partial charge in [0.1, 0.15) is 6.04 Å². The molecule has 1 aromatic heterocycles. The fourth-order valence-electron chi connectivity index (χ4n) is 3.81. The lowest BCUT2D eigenvalue weighted by atomic mass is 9.93. The standard InChI is InChI=1S/C22H29N3O5S2/c1-13(2)20(21(26)24-22-23-16-7-5-14(3)11-19(16)31-22)25-32(27,28)15-6-8-17-18(12-15)30-10-4-9-29-17/h6,8,12-14,20,25H,4-5,7,9-11H2,1-3H3,(H,23,24,26). The number of amides is 1. The van der Waals surface area contributed by atoms with E-state index in [0.717, 1.165) is 31.4 Å². The van der Waals surface area contributed by atoms with E-state index < -0.39 is 22.0 Å². The Morgan fingerprint density at radius 1 is 1.22 bits per heavy atom. The molecule has 174 valence electrons. The van der Waals surface area contributed by atoms with Crippen molar-refractivity contribution >= 4 is 32.4 Å². The van der Waals surface area contributed by atoms with Crippen LogP contribution in [-0.4, -0.2) is 38.6 Å². The van der Waals surface area contributed by atoms with Crippen LogP contribution in [0.1, 0.15) is 44.2 Å². The van der Waals surface area contributed by atoms with Gasteiger partial charge in [-0.1, -0.05) is 20.8 Å². The fourth-order valence-corrected chi connectivity index (χ4v) is 6.35. The molecule has 1 aromatic carbocycles. The molecular formula is C22H29N3O5S2. The van der Waals surface area contributed by atoms with E-state index in [1.165, 1.54) is 28.3 Å². The van der Waals surface area contributed by atoms with Crippen LogP contribution in [0.15, 0.2) is 23.1 Å². The number of anilines is 1. The molecule has 1 aliphatic heterocycles. The number of nitrogens with one attached hydrogen (secondary N) is 2. The first-order valence-electron chi connectivity index (χ1n) is 10.9. The minimum absolute atomic E-state index is 0.0268. The summed E-state index contributed by atoms with van der Waals surface area (Å²) in [6.07, 6.45) is 3.69. The molecule has 2 aromatic rings. The molecule has 2 unspecified atom stereocenters. The van der Waals surface area contributed by atoms with Gasteiger partial charge in [0.2, 0.25) is 15.9 Å². The molecule has 2 atom stereocenters. The van der Waals surface area contributed by atoms with Gasteiger partial charge < -0.3 is 14.8 Å². The lowest BCUT2D eigenvalue weighted by molar-refractivity contribution is -0.118. The van der Waals surface area contributed by atoms with E-state index in [0.29, 0.717) is 35.8 Å². The number of hydrogen-bond acceptors (Lipinski definition) is 7. The Hall–Kier alpha value is -2.17. The Balaban J connectivity index is 1.50. The van der Waals surface area contributed by atoms with Gasteiger partial charge >= 0.3 is 0 Å². The number of carbonyl (C=O) groups is 1. The highest BCUT2D eigenvalue weighted by molar-refractivity contribution is 7.89. The molecule has 2 aliphatic rings. The van der Waals surface area contributed by atoms with Gasteiger partial charge in [0, 0.05) is 17.4 Å². The number of sulfonamides is 1. The lowest BCUT2D eigenvalue weighted by Crippen LogP contribution is -2.47. The molecular weight excluding hydrogens is 450 g/mol. The molecule has 8 nitrogen and oxygen atoms in total. The van der Waals surface area contributed by atoms with Crippen LogP contribution in [0.4, 0.5) is 5.13 Å². The summed E-state index contributed by atoms with van der Waals surface area (Å²) >= 11 is 1.48. The van der Waals surface area contributed by atoms with Gasteiger partial charge in [0.25, 0.3) is 0 Å². The molecule has 4 rings (SSSR count). The third-order valence-electron chi connectivity index (χ3n) is 5.68. The van der Waals surface area contributed by atoms with Crippen LogP contribution in [-0.2, 0) is 27.7 Å². The maximum Gasteiger partial charge on any atom is 0.244 e. The minimum atomic E-state index is -3.96. The van der Waals surface area contributed by atoms with E-state index in [1.807, 2.05) is 0 Å². The van der Waals surface area contributed by atoms with E-state index in [2.05, 4.69) is 21.9 Å². The van der Waals surface area contributed by atoms with Crippen LogP contribution in [0.2, 0.25) is 0 Å². The predicted octanol–water partition coefficient (Wildman–Crippen LogP) is 3.37. The van der Waals surface area contributed by atoms with Crippen LogP contribution >= 0.6 is 11.3 Å². The topological polar surface area (TPSA) is 107 Å². The van der Waals surface area contributed by atoms with E-state index in [4.69, 9.17) is 9.47 Å². The van der Waals surface area contributed by atoms with E-state index in [9.17, 15) is 13.2 Å². The van der Waals surface area contributed by atoms with Crippen LogP contribution in [0, 0.1) is 11.8 Å². The summed E-state index contributed by atoms with van der Waals surface area (Å²) in [5, 5.41) is 3.35. The number of rotatable bonds is 6. The first-order chi connectivity index (χ1) is 15.2. The number of hydrogen-bond donors (Lipinski definition) is 2. The number of nitrogens with zero attached hydrogens (tertiary/aromatic N) is 1. The van der Waals surface area contributed by atoms with Gasteiger partial charge in [-0.3, -0.25) is 4.79 Å². The van der Waals surface area contributed by atoms with Crippen molar-refractivity contribution in [2.75, 3.05) is 18.5 Å². The Morgan fingerprint density at radius 3 is 2.72 bits per heavy atom. The number of aryl methyl sites for hydroxylation is 1. The number of thiazole rings is 1. The number of carbonyl (C=O) groups excluding carboxylic acids is 1. The Kier molecular flexibility index (Phi) is 6.73. The highest BCUT2D eigenvalue weighted by atomic mass is 32.2. The van der Waals surface area contributed by atoms with Gasteiger partial charge in [0.15, 0.2) is 16.6 Å². The first-order valence-corrected chi connectivity index (χ1v) is 13.2. The number of benzene rings is 1. The average molecular weight is 480 g/mol. The summed E-state index contributed by atoms with van der Waals surface area (Å²) in [6, 6.07) is 3.53. The summed E-state index contributed by atoms with van der Waals surface area (Å²) in [5.74, 6) is 0.828. The van der Waals surface area contributed by atoms with Crippen molar-refractivity contribution in [3.05, 3.63) is 28.8 Å². The van der Waals surface area contributed by atoms with Gasteiger partial charge in [-0.25, -0.2) is 13.4 Å². The molecule has 2 N–H and O–H groups in total. The Bertz CT molecular complexity index is 1100. The Labute approximate surface area is 192 Å². The summed E-state index contributed by atoms with van der Waals surface area (Å²) in [6.45, 7) is 6.79. The molecule has 10 heteroatoms. The minimum Gasteiger partial charge on any atom is -0.490 e. The van der Waals surface area contributed by atoms with Crippen LogP contribution in [0.3, 0.4) is 0 Å². The average Bonchev–Trinajstić information content (AvgIpc) is 2.97. The number of aromatic nitrogens is 1. The summed E-state index contributed by atoms with van der Waals surface area (Å²) < 4.78 is 39.9. The van der Waals surface area contributed by atoms with Gasteiger partial charge in [-0.15, -0.1) is 11.3 Å². The SMILES string of the molecule is CC1CCc2nc(NC(=O)C(NS(=O)(=O)c3ccc4c(c3)OCCCO4)C(C)C)sc2C1. The van der Waals surface area contributed by atoms with Crippen molar-refractivity contribution in [1.82, 2.24) is 9.71 Å². The van der Waals surface area contributed by atoms with Crippen molar-refractivity contribution in [3.63, 3.8) is 0 Å². The monoisotopic (exact) mass is 479 g/mol. The molecule has 0 fully saturated rings. The summed E-state index contributed by atoms with van der Waals surface area (Å²) in [7, 11) is -3.96. The van der Waals surface area contributed by atoms with Crippen molar-refractivity contribution < 1.29 is 22.7 Å². The summed E-state index contributed by atoms with van der Waals surface area (Å²) in [5.41, 5.74) is 1.04. The molecule has 1 amide bonds. The number of ether oxygens (including phenoxy) is 2. The maximum atomic E-state index is 13.1. The molecule has 0 radical (unpaired) electrons. The Morgan fingerprint density at radius 2 is 1.97 bits per heavy atom. The van der Waals surface area contributed by atoms with Crippen LogP contribution in [0.5, 0.6) is 11.5 Å². The van der Waals surface area contributed by atoms with Crippen molar-refractivity contribution in [3.8, 4) is 11.5 Å². The van der Waals surface area contributed by atoms with Crippen molar-refractivity contribution in [1.29, 1.82) is 0 Å². The van der Waals surface area contributed by atoms with Crippen LogP contribution in [0.25, 0.3) is 0 Å². The first kappa shape index (κ1) is 23.0. The lowest BCUT2D eigenvalue weighted by Gasteiger charge is -2.21. The third kappa shape index (κ3) is 5.07. The normalized spacial score (nSPS) is 19.2. The highest BCUT2D eigenvalue weighted by Crippen LogP contribution is 2.33. The van der Waals surface area contributed by atoms with Gasteiger partial charge in [-0.05, 0) is 43.2 Å². The number of fused-ring (bicyclic) bond motifs is 2. The quantitative estimate of drug-likeness (QED) is 0.658. The van der Waals surface area contributed by atoms with Crippen LogP contribution < -0.4 is 19.5 Å². The van der Waals surface area contributed by atoms with Gasteiger partial charge in [0.05, 0.1) is 23.8 Å². The molecule has 1 aliphatic carbocycles. The van der Waals surface area contributed by atoms with Gasteiger partial charge in [-0.2, -0.15) is 4.72 Å². The second-order valence-corrected chi connectivity index (χ2v) is 11.5. The maximum absolute atomic E-state index is 13.1. The van der Waals surface area contributed by atoms with Crippen molar-refractivity contribution in [2.24, 2.45) is 11.8 Å². The zero-order valence-electron chi connectivity index (χ0n) is 18.5. The molecule has 0 saturated carbocycles. The third-order valence-corrected chi connectivity index (χ3v) is 8.15. The molecule has 0 spiro atoms. The second-order valence-electron chi connectivity index (χ2n) is 8.73. The fraction of sp³-hybridized carbons (Fsp3) is 0.545. The van der Waals surface area contributed by atoms with E-state index >= 15 is 0 Å². The zero-order chi connectivity index (χ0) is 22.9. The summed E-state index contributed by atoms with van der Waals surface area (Å²) in [4.78, 5) is 18.8. The zero-order valence-corrected chi connectivity index (χ0v) is 20.1. The smallest absolute Gasteiger partial charge is 0.244 e. The van der Waals surface area contributed by atoms with E-state index in [1.54, 1.807) is 19.9 Å². The molecule has 0 saturated heterocycles. The van der Waals surface area contributed by atoms with Crippen molar-refractivity contribution in [2.45, 2.75) is 57.4 Å². The second kappa shape index (κ2) is 9.36. The molecule has 0 bridgehead atoms. The van der Waals surface area contributed by atoms with E-state index in [-0.39, 0.29) is 10.8 Å². The predicted molar refractivity (Wildman–Crippen MR) is 123 cm³/mol. The highest BCUT2D eigenvalue weighted by Gasteiger charge is 2.30. The molecule has 2 heterocycles.